The van der Waals surface area contributed by atoms with Crippen LogP contribution in [0.3, 0.4) is 0 Å². The second kappa shape index (κ2) is 8.01. The fourth-order valence-electron chi connectivity index (χ4n) is 3.36. The molecular weight excluding hydrogens is 348 g/mol. The summed E-state index contributed by atoms with van der Waals surface area (Å²) < 4.78 is 7.52. The van der Waals surface area contributed by atoms with Crippen molar-refractivity contribution in [2.75, 3.05) is 0 Å². The highest BCUT2D eigenvalue weighted by atomic mass is 16.5. The molecular formula is C24H22N2O2. The number of fused-ring (bicyclic) bond motifs is 1. The van der Waals surface area contributed by atoms with Crippen LogP contribution in [0.25, 0.3) is 10.9 Å². The Morgan fingerprint density at radius 2 is 1.75 bits per heavy atom. The zero-order valence-corrected chi connectivity index (χ0v) is 15.7. The Hall–Kier alpha value is -3.53. The minimum absolute atomic E-state index is 0.236. The molecule has 1 aromatic heterocycles. The van der Waals surface area contributed by atoms with Crippen LogP contribution >= 0.6 is 0 Å². The molecule has 0 unspecified atom stereocenters. The Kier molecular flexibility index (Phi) is 5.11. The number of ether oxygens (including phenoxy) is 1. The summed E-state index contributed by atoms with van der Waals surface area (Å²) in [7, 11) is 0. The van der Waals surface area contributed by atoms with Crippen LogP contribution in [-0.2, 0) is 11.3 Å². The molecule has 0 saturated carbocycles. The van der Waals surface area contributed by atoms with Crippen molar-refractivity contribution in [1.29, 1.82) is 0 Å². The predicted molar refractivity (Wildman–Crippen MR) is 111 cm³/mol. The molecule has 4 heteroatoms. The number of benzene rings is 3. The SMILES string of the molecule is Cc1cccc([C@H](NC(=O)OCc2ccccc2)n2ccc3ccccc32)c1. The maximum atomic E-state index is 12.6. The summed E-state index contributed by atoms with van der Waals surface area (Å²) in [5.41, 5.74) is 4.14. The fourth-order valence-corrected chi connectivity index (χ4v) is 3.36. The molecule has 0 saturated heterocycles. The number of aromatic nitrogens is 1. The van der Waals surface area contributed by atoms with Gasteiger partial charge in [-0.2, -0.15) is 0 Å². The molecule has 0 radical (unpaired) electrons. The van der Waals surface area contributed by atoms with Gasteiger partial charge in [-0.1, -0.05) is 78.4 Å². The van der Waals surface area contributed by atoms with E-state index < -0.39 is 6.09 Å². The van der Waals surface area contributed by atoms with Crippen molar-refractivity contribution in [2.45, 2.75) is 19.7 Å². The maximum absolute atomic E-state index is 12.6. The van der Waals surface area contributed by atoms with Crippen molar-refractivity contribution in [3.05, 3.63) is 108 Å². The average molecular weight is 370 g/mol. The van der Waals surface area contributed by atoms with Gasteiger partial charge in [-0.25, -0.2) is 4.79 Å². The molecule has 1 amide bonds. The van der Waals surface area contributed by atoms with Gasteiger partial charge in [0.1, 0.15) is 12.8 Å². The number of nitrogens with one attached hydrogen (secondary N) is 1. The molecule has 0 aliphatic carbocycles. The third kappa shape index (κ3) is 3.91. The van der Waals surface area contributed by atoms with Gasteiger partial charge in [-0.3, -0.25) is 5.32 Å². The highest BCUT2D eigenvalue weighted by Crippen LogP contribution is 2.24. The third-order valence-corrected chi connectivity index (χ3v) is 4.73. The first-order valence-electron chi connectivity index (χ1n) is 9.30. The van der Waals surface area contributed by atoms with Crippen LogP contribution in [0.4, 0.5) is 4.79 Å². The number of amides is 1. The molecule has 0 bridgehead atoms. The van der Waals surface area contributed by atoms with Crippen LogP contribution in [0.1, 0.15) is 22.9 Å². The second-order valence-electron chi connectivity index (χ2n) is 6.80. The van der Waals surface area contributed by atoms with Gasteiger partial charge < -0.3 is 9.30 Å². The van der Waals surface area contributed by atoms with Crippen LogP contribution in [0.15, 0.2) is 91.1 Å². The Balaban J connectivity index is 1.61. The van der Waals surface area contributed by atoms with Crippen molar-refractivity contribution < 1.29 is 9.53 Å². The van der Waals surface area contributed by atoms with Crippen LogP contribution in [-0.4, -0.2) is 10.7 Å². The Labute approximate surface area is 164 Å². The summed E-state index contributed by atoms with van der Waals surface area (Å²) in [6, 6.07) is 28.0. The third-order valence-electron chi connectivity index (χ3n) is 4.73. The highest BCUT2D eigenvalue weighted by Gasteiger charge is 2.19. The summed E-state index contributed by atoms with van der Waals surface area (Å²) >= 11 is 0. The average Bonchev–Trinajstić information content (AvgIpc) is 3.15. The summed E-state index contributed by atoms with van der Waals surface area (Å²) in [5.74, 6) is 0. The smallest absolute Gasteiger partial charge is 0.409 e. The van der Waals surface area contributed by atoms with E-state index in [1.807, 2.05) is 73.8 Å². The van der Waals surface area contributed by atoms with Gasteiger partial charge in [0.05, 0.1) is 5.52 Å². The maximum Gasteiger partial charge on any atom is 0.409 e. The summed E-state index contributed by atoms with van der Waals surface area (Å²) in [5, 5.41) is 4.15. The Bertz CT molecular complexity index is 1090. The monoisotopic (exact) mass is 370 g/mol. The zero-order valence-electron chi connectivity index (χ0n) is 15.7. The number of hydrogen-bond acceptors (Lipinski definition) is 2. The lowest BCUT2D eigenvalue weighted by molar-refractivity contribution is 0.134. The fraction of sp³-hybridized carbons (Fsp3) is 0.125. The number of rotatable bonds is 5. The number of aryl methyl sites for hydroxylation is 1. The predicted octanol–water partition coefficient (Wildman–Crippen LogP) is 5.42. The van der Waals surface area contributed by atoms with E-state index in [9.17, 15) is 4.79 Å². The topological polar surface area (TPSA) is 43.3 Å². The van der Waals surface area contributed by atoms with E-state index in [2.05, 4.69) is 34.1 Å². The number of para-hydroxylation sites is 1. The second-order valence-corrected chi connectivity index (χ2v) is 6.80. The van der Waals surface area contributed by atoms with Gasteiger partial charge in [-0.15, -0.1) is 0 Å². The molecule has 4 aromatic rings. The van der Waals surface area contributed by atoms with Crippen molar-refractivity contribution in [3.63, 3.8) is 0 Å². The molecule has 1 N–H and O–H groups in total. The van der Waals surface area contributed by atoms with Gasteiger partial charge in [-0.05, 0) is 35.6 Å². The number of hydrogen-bond donors (Lipinski definition) is 1. The standard InChI is InChI=1S/C24H22N2O2/c1-18-8-7-12-21(16-18)23(26-15-14-20-11-5-6-13-22(20)26)25-24(27)28-17-19-9-3-2-4-10-19/h2-16,23H,17H2,1H3,(H,25,27)/t23-/m1/s1. The van der Waals surface area contributed by atoms with E-state index in [4.69, 9.17) is 4.74 Å². The van der Waals surface area contributed by atoms with Gasteiger partial charge in [0.25, 0.3) is 0 Å². The number of alkyl carbamates (subject to hydrolysis) is 1. The van der Waals surface area contributed by atoms with Crippen molar-refractivity contribution in [1.82, 2.24) is 9.88 Å². The van der Waals surface area contributed by atoms with Gasteiger partial charge in [0.2, 0.25) is 0 Å². The van der Waals surface area contributed by atoms with Crippen molar-refractivity contribution >= 4 is 17.0 Å². The lowest BCUT2D eigenvalue weighted by atomic mass is 10.1. The number of nitrogens with zero attached hydrogens (tertiary/aromatic N) is 1. The van der Waals surface area contributed by atoms with Crippen molar-refractivity contribution in [3.8, 4) is 0 Å². The van der Waals surface area contributed by atoms with Crippen LogP contribution in [0.5, 0.6) is 0 Å². The molecule has 1 atom stereocenters. The molecule has 28 heavy (non-hydrogen) atoms. The molecule has 1 heterocycles. The van der Waals surface area contributed by atoms with E-state index in [1.54, 1.807) is 0 Å². The first-order valence-corrected chi connectivity index (χ1v) is 9.30. The number of carbonyl (C=O) groups excluding carboxylic acids is 1. The lowest BCUT2D eigenvalue weighted by Crippen LogP contribution is -2.33. The molecule has 140 valence electrons. The zero-order chi connectivity index (χ0) is 19.3. The minimum atomic E-state index is -0.451. The molecule has 4 nitrogen and oxygen atoms in total. The molecule has 0 aliphatic heterocycles. The van der Waals surface area contributed by atoms with Gasteiger partial charge in [0, 0.05) is 6.20 Å². The lowest BCUT2D eigenvalue weighted by Gasteiger charge is -2.22. The molecule has 4 rings (SSSR count). The minimum Gasteiger partial charge on any atom is -0.445 e. The van der Waals surface area contributed by atoms with E-state index >= 15 is 0 Å². The molecule has 3 aromatic carbocycles. The summed E-state index contributed by atoms with van der Waals surface area (Å²) in [6.45, 7) is 2.28. The van der Waals surface area contributed by atoms with Crippen molar-refractivity contribution in [2.24, 2.45) is 0 Å². The highest BCUT2D eigenvalue weighted by molar-refractivity contribution is 5.80. The largest absolute Gasteiger partial charge is 0.445 e. The first kappa shape index (κ1) is 17.9. The van der Waals surface area contributed by atoms with Gasteiger partial charge in [0.15, 0.2) is 0 Å². The van der Waals surface area contributed by atoms with E-state index in [-0.39, 0.29) is 12.8 Å². The summed E-state index contributed by atoms with van der Waals surface area (Å²) in [6.07, 6.45) is 1.19. The normalized spacial score (nSPS) is 11.9. The van der Waals surface area contributed by atoms with Crippen LogP contribution < -0.4 is 5.32 Å². The van der Waals surface area contributed by atoms with Gasteiger partial charge >= 0.3 is 6.09 Å². The molecule has 0 fully saturated rings. The van der Waals surface area contributed by atoms with Crippen LogP contribution in [0.2, 0.25) is 0 Å². The molecule has 0 spiro atoms. The first-order chi connectivity index (χ1) is 13.7. The number of carbonyl (C=O) groups is 1. The Morgan fingerprint density at radius 1 is 0.964 bits per heavy atom. The Morgan fingerprint density at radius 3 is 2.57 bits per heavy atom. The van der Waals surface area contributed by atoms with E-state index in [0.29, 0.717) is 0 Å². The van der Waals surface area contributed by atoms with E-state index in [1.165, 1.54) is 0 Å². The molecule has 0 aliphatic rings. The summed E-state index contributed by atoms with van der Waals surface area (Å²) in [4.78, 5) is 12.6. The van der Waals surface area contributed by atoms with Crippen LogP contribution in [0, 0.1) is 6.92 Å². The quantitative estimate of drug-likeness (QED) is 0.509. The van der Waals surface area contributed by atoms with E-state index in [0.717, 1.165) is 27.6 Å².